The average Bonchev–Trinajstić information content (AvgIpc) is 3.04. The van der Waals surface area contributed by atoms with E-state index < -0.39 is 0 Å². The molecule has 0 saturated carbocycles. The van der Waals surface area contributed by atoms with Gasteiger partial charge in [-0.05, 0) is 31.0 Å². The van der Waals surface area contributed by atoms with Crippen molar-refractivity contribution in [1.29, 1.82) is 0 Å². The molecule has 1 fully saturated rings. The average molecular weight is 298 g/mol. The lowest BCUT2D eigenvalue weighted by Crippen LogP contribution is -2.31. The lowest BCUT2D eigenvalue weighted by atomic mass is 10.1. The van der Waals surface area contributed by atoms with Crippen molar-refractivity contribution < 1.29 is 4.79 Å². The van der Waals surface area contributed by atoms with Crippen molar-refractivity contribution in [2.75, 3.05) is 6.54 Å². The van der Waals surface area contributed by atoms with Gasteiger partial charge in [0.15, 0.2) is 0 Å². The Bertz CT molecular complexity index is 678. The van der Waals surface area contributed by atoms with Crippen molar-refractivity contribution in [3.63, 3.8) is 0 Å². The molecule has 22 heavy (non-hydrogen) atoms. The third-order valence-electron chi connectivity index (χ3n) is 3.93. The number of nitrogens with zero attached hydrogens (tertiary/aromatic N) is 3. The number of amides is 1. The van der Waals surface area contributed by atoms with E-state index in [9.17, 15) is 9.59 Å². The normalized spacial score (nSPS) is 17.6. The minimum absolute atomic E-state index is 0.0808. The summed E-state index contributed by atoms with van der Waals surface area (Å²) in [5.74, 6) is 0.112. The Morgan fingerprint density at radius 1 is 1.32 bits per heavy atom. The van der Waals surface area contributed by atoms with E-state index in [1.165, 1.54) is 6.07 Å². The maximum Gasteiger partial charge on any atom is 0.264 e. The molecule has 1 aliphatic heterocycles. The van der Waals surface area contributed by atoms with Crippen molar-refractivity contribution in [3.05, 3.63) is 58.3 Å². The molecule has 0 aliphatic carbocycles. The summed E-state index contributed by atoms with van der Waals surface area (Å²) >= 11 is 0. The summed E-state index contributed by atoms with van der Waals surface area (Å²) in [6.45, 7) is 0.777. The number of nitrogens with one attached hydrogen (secondary N) is 1. The highest BCUT2D eigenvalue weighted by Gasteiger charge is 2.30. The fraction of sp³-hybridized carbons (Fsp3) is 0.375. The van der Waals surface area contributed by atoms with Crippen molar-refractivity contribution in [1.82, 2.24) is 20.1 Å². The highest BCUT2D eigenvalue weighted by molar-refractivity contribution is 5.77. The topological polar surface area (TPSA) is 79.0 Å². The van der Waals surface area contributed by atoms with E-state index >= 15 is 0 Å². The van der Waals surface area contributed by atoms with Crippen LogP contribution >= 0.6 is 0 Å². The number of aromatic amines is 1. The Morgan fingerprint density at radius 2 is 2.23 bits per heavy atom. The molecule has 1 amide bonds. The zero-order valence-electron chi connectivity index (χ0n) is 12.2. The molecular weight excluding hydrogens is 280 g/mol. The zero-order chi connectivity index (χ0) is 15.4. The Labute approximate surface area is 128 Å². The summed E-state index contributed by atoms with van der Waals surface area (Å²) in [6, 6.07) is 8.98. The number of aryl methyl sites for hydroxylation is 1. The van der Waals surface area contributed by atoms with Gasteiger partial charge in [-0.15, -0.1) is 0 Å². The number of hydrogen-bond donors (Lipinski definition) is 1. The van der Waals surface area contributed by atoms with Crippen molar-refractivity contribution in [2.24, 2.45) is 0 Å². The number of hydrogen-bond acceptors (Lipinski definition) is 4. The van der Waals surface area contributed by atoms with Gasteiger partial charge < -0.3 is 4.90 Å². The summed E-state index contributed by atoms with van der Waals surface area (Å²) in [4.78, 5) is 29.7. The molecule has 6 heteroatoms. The number of carbonyl (C=O) groups is 1. The van der Waals surface area contributed by atoms with Crippen LogP contribution in [0.5, 0.6) is 0 Å². The molecule has 2 aromatic heterocycles. The van der Waals surface area contributed by atoms with Gasteiger partial charge in [0.25, 0.3) is 5.56 Å². The minimum atomic E-state index is -0.232. The van der Waals surface area contributed by atoms with Gasteiger partial charge in [-0.3, -0.25) is 14.6 Å². The van der Waals surface area contributed by atoms with Crippen LogP contribution in [-0.2, 0) is 11.2 Å². The van der Waals surface area contributed by atoms with Crippen LogP contribution in [-0.4, -0.2) is 32.5 Å². The molecule has 1 N–H and O–H groups in total. The largest absolute Gasteiger partial charge is 0.334 e. The summed E-state index contributed by atoms with van der Waals surface area (Å²) in [5, 5.41) is 6.32. The van der Waals surface area contributed by atoms with Crippen LogP contribution in [0.15, 0.2) is 41.3 Å². The van der Waals surface area contributed by atoms with Crippen LogP contribution < -0.4 is 5.56 Å². The third-order valence-corrected chi connectivity index (χ3v) is 3.93. The number of rotatable bonds is 4. The van der Waals surface area contributed by atoms with Crippen LogP contribution in [0.25, 0.3) is 0 Å². The van der Waals surface area contributed by atoms with E-state index in [4.69, 9.17) is 0 Å². The van der Waals surface area contributed by atoms with Crippen LogP contribution in [0, 0.1) is 0 Å². The molecule has 1 saturated heterocycles. The van der Waals surface area contributed by atoms with Gasteiger partial charge in [-0.1, -0.05) is 6.07 Å². The monoisotopic (exact) mass is 298 g/mol. The summed E-state index contributed by atoms with van der Waals surface area (Å²) in [5.41, 5.74) is 1.45. The molecule has 0 radical (unpaired) electrons. The van der Waals surface area contributed by atoms with Gasteiger partial charge in [0, 0.05) is 31.6 Å². The fourth-order valence-corrected chi connectivity index (χ4v) is 2.84. The van der Waals surface area contributed by atoms with Crippen molar-refractivity contribution in [3.8, 4) is 0 Å². The molecule has 0 spiro atoms. The van der Waals surface area contributed by atoms with E-state index in [2.05, 4.69) is 15.2 Å². The second-order valence-electron chi connectivity index (χ2n) is 5.41. The molecular formula is C16H18N4O2. The zero-order valence-corrected chi connectivity index (χ0v) is 12.2. The second kappa shape index (κ2) is 6.51. The predicted octanol–water partition coefficient (Wildman–Crippen LogP) is 1.46. The number of H-pyrrole nitrogens is 1. The number of pyridine rings is 1. The van der Waals surface area contributed by atoms with Crippen LogP contribution in [0.1, 0.15) is 36.7 Å². The highest BCUT2D eigenvalue weighted by Crippen LogP contribution is 2.31. The van der Waals surface area contributed by atoms with Gasteiger partial charge in [0.1, 0.15) is 0 Å². The summed E-state index contributed by atoms with van der Waals surface area (Å²) in [6.07, 6.45) is 4.65. The maximum atomic E-state index is 12.5. The fourth-order valence-electron chi connectivity index (χ4n) is 2.84. The molecule has 114 valence electrons. The van der Waals surface area contributed by atoms with Crippen LogP contribution in [0.4, 0.5) is 0 Å². The van der Waals surface area contributed by atoms with E-state index in [0.717, 1.165) is 30.8 Å². The third kappa shape index (κ3) is 3.21. The lowest BCUT2D eigenvalue weighted by molar-refractivity contribution is -0.132. The van der Waals surface area contributed by atoms with E-state index in [-0.39, 0.29) is 17.5 Å². The van der Waals surface area contributed by atoms with E-state index in [0.29, 0.717) is 12.8 Å². The molecule has 6 nitrogen and oxygen atoms in total. The van der Waals surface area contributed by atoms with E-state index in [1.807, 2.05) is 23.1 Å². The van der Waals surface area contributed by atoms with Gasteiger partial charge in [0.05, 0.1) is 17.4 Å². The minimum Gasteiger partial charge on any atom is -0.334 e. The summed E-state index contributed by atoms with van der Waals surface area (Å²) < 4.78 is 0. The highest BCUT2D eigenvalue weighted by atomic mass is 16.2. The lowest BCUT2D eigenvalue weighted by Gasteiger charge is -2.24. The smallest absolute Gasteiger partial charge is 0.264 e. The van der Waals surface area contributed by atoms with Gasteiger partial charge in [0.2, 0.25) is 5.91 Å². The van der Waals surface area contributed by atoms with Gasteiger partial charge in [-0.25, -0.2) is 5.10 Å². The quantitative estimate of drug-likeness (QED) is 0.927. The Hall–Kier alpha value is -2.50. The number of likely N-dealkylation sites (tertiary alicyclic amines) is 1. The molecule has 0 bridgehead atoms. The Kier molecular flexibility index (Phi) is 4.27. The molecule has 1 aliphatic rings. The Balaban J connectivity index is 1.64. The molecule has 3 rings (SSSR count). The maximum absolute atomic E-state index is 12.5. The molecule has 1 unspecified atom stereocenters. The standard InChI is InChI=1S/C16H18N4O2/c21-15-8-6-12(18-19-15)7-9-16(22)20-11-3-5-14(20)13-4-1-2-10-17-13/h1-2,4,6,8,10,14H,3,5,7,9,11H2,(H,19,21). The van der Waals surface area contributed by atoms with Gasteiger partial charge in [-0.2, -0.15) is 5.10 Å². The van der Waals surface area contributed by atoms with Crippen LogP contribution in [0.3, 0.4) is 0 Å². The number of aromatic nitrogens is 3. The van der Waals surface area contributed by atoms with E-state index in [1.54, 1.807) is 12.3 Å². The first kappa shape index (κ1) is 14.4. The van der Waals surface area contributed by atoms with Crippen LogP contribution in [0.2, 0.25) is 0 Å². The molecule has 0 aromatic carbocycles. The van der Waals surface area contributed by atoms with Crippen molar-refractivity contribution >= 4 is 5.91 Å². The molecule has 2 aromatic rings. The van der Waals surface area contributed by atoms with Crippen molar-refractivity contribution in [2.45, 2.75) is 31.7 Å². The first-order valence-corrected chi connectivity index (χ1v) is 7.49. The molecule has 3 heterocycles. The first-order valence-electron chi connectivity index (χ1n) is 7.49. The molecule has 1 atom stereocenters. The van der Waals surface area contributed by atoms with Gasteiger partial charge >= 0.3 is 0 Å². The summed E-state index contributed by atoms with van der Waals surface area (Å²) in [7, 11) is 0. The SMILES string of the molecule is O=C(CCc1ccc(=O)[nH]n1)N1CCCC1c1ccccn1. The first-order chi connectivity index (χ1) is 10.7. The predicted molar refractivity (Wildman–Crippen MR) is 81.1 cm³/mol. The number of carbonyl (C=O) groups excluding carboxylic acids is 1. The Morgan fingerprint density at radius 3 is 2.95 bits per heavy atom. The second-order valence-corrected chi connectivity index (χ2v) is 5.41.